The van der Waals surface area contributed by atoms with Crippen LogP contribution in [0.3, 0.4) is 0 Å². The van der Waals surface area contributed by atoms with Gasteiger partial charge in [0.1, 0.15) is 23.6 Å². The van der Waals surface area contributed by atoms with Gasteiger partial charge in [0.2, 0.25) is 0 Å². The lowest BCUT2D eigenvalue weighted by molar-refractivity contribution is 0.0969. The molecule has 2 unspecified atom stereocenters. The van der Waals surface area contributed by atoms with E-state index in [1.807, 2.05) is 6.07 Å². The van der Waals surface area contributed by atoms with Crippen molar-refractivity contribution >= 4 is 0 Å². The number of aromatic nitrogens is 1. The zero-order chi connectivity index (χ0) is 12.1. The van der Waals surface area contributed by atoms with Gasteiger partial charge in [-0.2, -0.15) is 5.26 Å². The predicted octanol–water partition coefficient (Wildman–Crippen LogP) is 1.85. The quantitative estimate of drug-likeness (QED) is 0.861. The van der Waals surface area contributed by atoms with Gasteiger partial charge in [-0.1, -0.05) is 6.42 Å². The number of nitriles is 1. The molecule has 0 saturated heterocycles. The topological polar surface area (TPSA) is 71.9 Å². The second-order valence-electron chi connectivity index (χ2n) is 4.43. The van der Waals surface area contributed by atoms with Gasteiger partial charge in [-0.25, -0.2) is 4.98 Å². The van der Waals surface area contributed by atoms with Crippen molar-refractivity contribution in [1.82, 2.24) is 4.98 Å². The largest absolute Gasteiger partial charge is 0.490 e. The highest BCUT2D eigenvalue weighted by atomic mass is 16.5. The van der Waals surface area contributed by atoms with E-state index in [-0.39, 0.29) is 6.10 Å². The van der Waals surface area contributed by atoms with Crippen LogP contribution >= 0.6 is 0 Å². The average molecular weight is 231 g/mol. The molecule has 2 rings (SSSR count). The monoisotopic (exact) mass is 231 g/mol. The van der Waals surface area contributed by atoms with E-state index in [4.69, 9.17) is 15.7 Å². The van der Waals surface area contributed by atoms with Crippen molar-refractivity contribution in [2.24, 2.45) is 11.7 Å². The summed E-state index contributed by atoms with van der Waals surface area (Å²) in [6.07, 6.45) is 6.40. The second kappa shape index (κ2) is 5.65. The first-order valence-corrected chi connectivity index (χ1v) is 6.06. The zero-order valence-electron chi connectivity index (χ0n) is 9.80. The van der Waals surface area contributed by atoms with Gasteiger partial charge in [0.15, 0.2) is 0 Å². The molecule has 90 valence electrons. The molecule has 4 nitrogen and oxygen atoms in total. The minimum absolute atomic E-state index is 0.183. The van der Waals surface area contributed by atoms with Gasteiger partial charge in [0.25, 0.3) is 0 Å². The second-order valence-corrected chi connectivity index (χ2v) is 4.43. The van der Waals surface area contributed by atoms with E-state index in [0.29, 0.717) is 18.2 Å². The van der Waals surface area contributed by atoms with E-state index in [1.165, 1.54) is 12.8 Å². The summed E-state index contributed by atoms with van der Waals surface area (Å²) in [5.41, 5.74) is 6.15. The molecule has 1 aromatic rings. The number of rotatable bonds is 3. The molecular formula is C13H17N3O. The Morgan fingerprint density at radius 3 is 3.06 bits per heavy atom. The van der Waals surface area contributed by atoms with Crippen molar-refractivity contribution in [1.29, 1.82) is 5.26 Å². The van der Waals surface area contributed by atoms with E-state index in [2.05, 4.69) is 4.98 Å². The van der Waals surface area contributed by atoms with Crippen LogP contribution in [0, 0.1) is 17.2 Å². The maximum atomic E-state index is 8.78. The number of hydrogen-bond acceptors (Lipinski definition) is 4. The standard InChI is InChI=1S/C13H17N3O/c14-8-10-3-1-2-4-13(10)17-12-5-6-16-11(7-12)9-15/h5-7,10,13H,1-4,8,14H2. The molecule has 0 bridgehead atoms. The Labute approximate surface area is 101 Å². The molecule has 0 aliphatic heterocycles. The summed E-state index contributed by atoms with van der Waals surface area (Å²) in [7, 11) is 0. The molecule has 0 spiro atoms. The van der Waals surface area contributed by atoms with E-state index in [9.17, 15) is 0 Å². The molecule has 2 N–H and O–H groups in total. The van der Waals surface area contributed by atoms with Crippen LogP contribution in [0.2, 0.25) is 0 Å². The fourth-order valence-electron chi connectivity index (χ4n) is 2.32. The molecule has 1 heterocycles. The molecule has 4 heteroatoms. The molecule has 1 saturated carbocycles. The summed E-state index contributed by atoms with van der Waals surface area (Å²) in [5, 5.41) is 8.78. The third-order valence-corrected chi connectivity index (χ3v) is 3.28. The Morgan fingerprint density at radius 1 is 1.47 bits per heavy atom. The zero-order valence-corrected chi connectivity index (χ0v) is 9.80. The number of ether oxygens (including phenoxy) is 1. The highest BCUT2D eigenvalue weighted by Crippen LogP contribution is 2.27. The average Bonchev–Trinajstić information content (AvgIpc) is 2.39. The molecule has 1 fully saturated rings. The summed E-state index contributed by atoms with van der Waals surface area (Å²) in [6, 6.07) is 5.49. The van der Waals surface area contributed by atoms with E-state index in [1.54, 1.807) is 18.3 Å². The molecule has 1 aromatic heterocycles. The van der Waals surface area contributed by atoms with Crippen molar-refractivity contribution in [2.75, 3.05) is 6.54 Å². The minimum Gasteiger partial charge on any atom is -0.490 e. The Morgan fingerprint density at radius 2 is 2.29 bits per heavy atom. The van der Waals surface area contributed by atoms with Crippen molar-refractivity contribution < 1.29 is 4.74 Å². The van der Waals surface area contributed by atoms with Crippen LogP contribution in [0.25, 0.3) is 0 Å². The van der Waals surface area contributed by atoms with E-state index in [0.717, 1.165) is 18.6 Å². The van der Waals surface area contributed by atoms with Gasteiger partial charge in [0, 0.05) is 18.2 Å². The Balaban J connectivity index is 2.06. The summed E-state index contributed by atoms with van der Waals surface area (Å²) in [4.78, 5) is 3.92. The number of pyridine rings is 1. The molecule has 1 aliphatic rings. The van der Waals surface area contributed by atoms with Gasteiger partial charge in [-0.05, 0) is 31.9 Å². The lowest BCUT2D eigenvalue weighted by Gasteiger charge is -2.31. The number of hydrogen-bond donors (Lipinski definition) is 1. The molecule has 17 heavy (non-hydrogen) atoms. The van der Waals surface area contributed by atoms with Crippen LogP contribution in [-0.4, -0.2) is 17.6 Å². The predicted molar refractivity (Wildman–Crippen MR) is 64.4 cm³/mol. The fraction of sp³-hybridized carbons (Fsp3) is 0.538. The third-order valence-electron chi connectivity index (χ3n) is 3.28. The SMILES string of the molecule is N#Cc1cc(OC2CCCCC2CN)ccn1. The van der Waals surface area contributed by atoms with Crippen molar-refractivity contribution in [2.45, 2.75) is 31.8 Å². The summed E-state index contributed by atoms with van der Waals surface area (Å²) >= 11 is 0. The molecule has 0 aromatic carbocycles. The van der Waals surface area contributed by atoms with Crippen molar-refractivity contribution in [3.05, 3.63) is 24.0 Å². The van der Waals surface area contributed by atoms with Crippen LogP contribution in [0.5, 0.6) is 5.75 Å². The van der Waals surface area contributed by atoms with Crippen LogP contribution in [-0.2, 0) is 0 Å². The van der Waals surface area contributed by atoms with Crippen LogP contribution < -0.4 is 10.5 Å². The van der Waals surface area contributed by atoms with Crippen molar-refractivity contribution in [3.8, 4) is 11.8 Å². The lowest BCUT2D eigenvalue weighted by atomic mass is 9.86. The van der Waals surface area contributed by atoms with Gasteiger partial charge >= 0.3 is 0 Å². The molecular weight excluding hydrogens is 214 g/mol. The molecule has 1 aliphatic carbocycles. The Bertz CT molecular complexity index is 413. The van der Waals surface area contributed by atoms with Gasteiger partial charge in [-0.15, -0.1) is 0 Å². The van der Waals surface area contributed by atoms with Gasteiger partial charge < -0.3 is 10.5 Å². The van der Waals surface area contributed by atoms with Gasteiger partial charge in [0.05, 0.1) is 0 Å². The molecule has 0 amide bonds. The highest BCUT2D eigenvalue weighted by Gasteiger charge is 2.25. The first-order chi connectivity index (χ1) is 8.33. The molecule has 2 atom stereocenters. The third kappa shape index (κ3) is 2.95. The maximum Gasteiger partial charge on any atom is 0.144 e. The van der Waals surface area contributed by atoms with Crippen LogP contribution in [0.1, 0.15) is 31.4 Å². The summed E-state index contributed by atoms with van der Waals surface area (Å²) < 4.78 is 5.93. The van der Waals surface area contributed by atoms with Crippen LogP contribution in [0.15, 0.2) is 18.3 Å². The Hall–Kier alpha value is -1.60. The number of nitrogens with zero attached hydrogens (tertiary/aromatic N) is 2. The van der Waals surface area contributed by atoms with Gasteiger partial charge in [-0.3, -0.25) is 0 Å². The lowest BCUT2D eigenvalue weighted by Crippen LogP contribution is -2.35. The Kier molecular flexibility index (Phi) is 3.94. The maximum absolute atomic E-state index is 8.78. The first kappa shape index (κ1) is 11.9. The molecule has 0 radical (unpaired) electrons. The number of nitrogens with two attached hydrogens (primary N) is 1. The summed E-state index contributed by atoms with van der Waals surface area (Å²) in [6.45, 7) is 0.668. The van der Waals surface area contributed by atoms with Crippen LogP contribution in [0.4, 0.5) is 0 Å². The first-order valence-electron chi connectivity index (χ1n) is 6.06. The van der Waals surface area contributed by atoms with E-state index < -0.39 is 0 Å². The highest BCUT2D eigenvalue weighted by molar-refractivity contribution is 5.29. The fourth-order valence-corrected chi connectivity index (χ4v) is 2.32. The smallest absolute Gasteiger partial charge is 0.144 e. The van der Waals surface area contributed by atoms with Crippen molar-refractivity contribution in [3.63, 3.8) is 0 Å². The normalized spacial score (nSPS) is 24.0. The minimum atomic E-state index is 0.183. The van der Waals surface area contributed by atoms with E-state index >= 15 is 0 Å². The summed E-state index contributed by atoms with van der Waals surface area (Å²) in [5.74, 6) is 1.16.